The highest BCUT2D eigenvalue weighted by atomic mass is 32.1. The van der Waals surface area contributed by atoms with Crippen LogP contribution in [0.25, 0.3) is 10.6 Å². The lowest BCUT2D eigenvalue weighted by atomic mass is 9.98. The van der Waals surface area contributed by atoms with Crippen molar-refractivity contribution < 1.29 is 14.7 Å². The summed E-state index contributed by atoms with van der Waals surface area (Å²) in [7, 11) is 0. The monoisotopic (exact) mass is 333 g/mol. The lowest BCUT2D eigenvalue weighted by Crippen LogP contribution is -2.44. The first-order chi connectivity index (χ1) is 10.9. The topological polar surface area (TPSA) is 92.2 Å². The molecule has 1 amide bonds. The summed E-state index contributed by atoms with van der Waals surface area (Å²) in [6.07, 6.45) is 4.01. The van der Waals surface area contributed by atoms with Gasteiger partial charge in [0.2, 0.25) is 5.91 Å². The van der Waals surface area contributed by atoms with Crippen molar-refractivity contribution in [3.63, 3.8) is 0 Å². The van der Waals surface area contributed by atoms with Gasteiger partial charge in [0.05, 0.1) is 12.1 Å². The number of amides is 1. The molecule has 0 aliphatic carbocycles. The highest BCUT2D eigenvalue weighted by Gasteiger charge is 2.22. The van der Waals surface area contributed by atoms with Crippen molar-refractivity contribution in [3.8, 4) is 10.6 Å². The van der Waals surface area contributed by atoms with E-state index in [1.165, 1.54) is 11.3 Å². The number of carbonyl (C=O) groups excluding carboxylic acids is 1. The maximum atomic E-state index is 12.1. The molecule has 2 rings (SSSR count). The molecule has 2 heterocycles. The third kappa shape index (κ3) is 5.45. The van der Waals surface area contributed by atoms with Crippen LogP contribution in [-0.2, 0) is 16.0 Å². The van der Waals surface area contributed by atoms with Gasteiger partial charge in [-0.2, -0.15) is 0 Å². The molecule has 0 unspecified atom stereocenters. The van der Waals surface area contributed by atoms with E-state index in [-0.39, 0.29) is 18.7 Å². The molecule has 0 aliphatic rings. The third-order valence-electron chi connectivity index (χ3n) is 3.24. The molecular formula is C16H19N3O3S. The van der Waals surface area contributed by atoms with E-state index in [0.29, 0.717) is 12.1 Å². The molecular weight excluding hydrogens is 314 g/mol. The van der Waals surface area contributed by atoms with Crippen LogP contribution >= 0.6 is 11.3 Å². The molecule has 0 fully saturated rings. The quantitative estimate of drug-likeness (QED) is 0.812. The standard InChI is InChI=1S/C16H19N3O3S/c1-16(2,6-5-14(21)22)19-13(20)8-12-10-23-15(18-12)11-4-3-7-17-9-11/h3-4,7,9-10H,5-6,8H2,1-2H3,(H,19,20)(H,21,22). The van der Waals surface area contributed by atoms with Crippen molar-refractivity contribution in [3.05, 3.63) is 35.6 Å². The first-order valence-corrected chi connectivity index (χ1v) is 8.11. The number of hydrogen-bond donors (Lipinski definition) is 2. The van der Waals surface area contributed by atoms with Gasteiger partial charge in [-0.3, -0.25) is 14.6 Å². The molecule has 0 atom stereocenters. The number of thiazole rings is 1. The Balaban J connectivity index is 1.93. The van der Waals surface area contributed by atoms with Gasteiger partial charge in [-0.15, -0.1) is 11.3 Å². The molecule has 6 nitrogen and oxygen atoms in total. The Kier molecular flexibility index (Phi) is 5.44. The Labute approximate surface area is 138 Å². The average molecular weight is 333 g/mol. The van der Waals surface area contributed by atoms with Crippen molar-refractivity contribution in [2.24, 2.45) is 0 Å². The molecule has 7 heteroatoms. The van der Waals surface area contributed by atoms with Crippen LogP contribution in [0.5, 0.6) is 0 Å². The van der Waals surface area contributed by atoms with Crippen LogP contribution in [0, 0.1) is 0 Å². The van der Waals surface area contributed by atoms with E-state index in [1.807, 2.05) is 31.4 Å². The second-order valence-corrected chi connectivity index (χ2v) is 6.75. The van der Waals surface area contributed by atoms with Crippen LogP contribution in [0.15, 0.2) is 29.9 Å². The minimum Gasteiger partial charge on any atom is -0.481 e. The Morgan fingerprint density at radius 3 is 2.83 bits per heavy atom. The maximum Gasteiger partial charge on any atom is 0.303 e. The van der Waals surface area contributed by atoms with Crippen molar-refractivity contribution >= 4 is 23.2 Å². The van der Waals surface area contributed by atoms with E-state index in [2.05, 4.69) is 15.3 Å². The molecule has 0 aliphatic heterocycles. The Hall–Kier alpha value is -2.28. The van der Waals surface area contributed by atoms with Gasteiger partial charge < -0.3 is 10.4 Å². The van der Waals surface area contributed by atoms with E-state index in [9.17, 15) is 9.59 Å². The fourth-order valence-electron chi connectivity index (χ4n) is 2.08. The summed E-state index contributed by atoms with van der Waals surface area (Å²) in [6.45, 7) is 3.63. The van der Waals surface area contributed by atoms with Gasteiger partial charge >= 0.3 is 5.97 Å². The molecule has 2 N–H and O–H groups in total. The number of carbonyl (C=O) groups is 2. The minimum absolute atomic E-state index is 0.0230. The zero-order valence-corrected chi connectivity index (χ0v) is 13.9. The number of pyridine rings is 1. The summed E-state index contributed by atoms with van der Waals surface area (Å²) in [5, 5.41) is 14.3. The number of carboxylic acids is 1. The lowest BCUT2D eigenvalue weighted by Gasteiger charge is -2.25. The molecule has 2 aromatic heterocycles. The third-order valence-corrected chi connectivity index (χ3v) is 4.18. The SMILES string of the molecule is CC(C)(CCC(=O)O)NC(=O)Cc1csc(-c2cccnc2)n1. The Morgan fingerprint density at radius 1 is 1.39 bits per heavy atom. The second-order valence-electron chi connectivity index (χ2n) is 5.89. The average Bonchev–Trinajstić information content (AvgIpc) is 2.94. The molecule has 23 heavy (non-hydrogen) atoms. The smallest absolute Gasteiger partial charge is 0.303 e. The van der Waals surface area contributed by atoms with Crippen LogP contribution in [0.2, 0.25) is 0 Å². The highest BCUT2D eigenvalue weighted by Crippen LogP contribution is 2.23. The maximum absolute atomic E-state index is 12.1. The predicted octanol–water partition coefficient (Wildman–Crippen LogP) is 2.51. The number of nitrogens with one attached hydrogen (secondary N) is 1. The Morgan fingerprint density at radius 2 is 2.17 bits per heavy atom. The first-order valence-electron chi connectivity index (χ1n) is 7.23. The van der Waals surface area contributed by atoms with Gasteiger partial charge in [-0.25, -0.2) is 4.98 Å². The largest absolute Gasteiger partial charge is 0.481 e. The molecule has 0 bridgehead atoms. The van der Waals surface area contributed by atoms with Crippen molar-refractivity contribution in [2.75, 3.05) is 0 Å². The molecule has 0 spiro atoms. The van der Waals surface area contributed by atoms with Gasteiger partial charge in [0, 0.05) is 35.3 Å². The molecule has 0 saturated carbocycles. The minimum atomic E-state index is -0.868. The first kappa shape index (κ1) is 17.1. The zero-order chi connectivity index (χ0) is 16.9. The number of aromatic nitrogens is 2. The van der Waals surface area contributed by atoms with Crippen LogP contribution < -0.4 is 5.32 Å². The van der Waals surface area contributed by atoms with Crippen LogP contribution in [-0.4, -0.2) is 32.5 Å². The van der Waals surface area contributed by atoms with Gasteiger partial charge in [-0.05, 0) is 32.4 Å². The van der Waals surface area contributed by atoms with Gasteiger partial charge in [0.15, 0.2) is 0 Å². The molecule has 0 saturated heterocycles. The number of carboxylic acid groups (broad SMARTS) is 1. The summed E-state index contributed by atoms with van der Waals surface area (Å²) in [6, 6.07) is 3.76. The van der Waals surface area contributed by atoms with Crippen LogP contribution in [0.1, 0.15) is 32.4 Å². The summed E-state index contributed by atoms with van der Waals surface area (Å²) in [4.78, 5) is 31.2. The predicted molar refractivity (Wildman–Crippen MR) is 88.1 cm³/mol. The Bertz CT molecular complexity index is 683. The van der Waals surface area contributed by atoms with E-state index in [1.54, 1.807) is 12.4 Å². The van der Waals surface area contributed by atoms with Gasteiger partial charge in [-0.1, -0.05) is 0 Å². The van der Waals surface area contributed by atoms with Crippen molar-refractivity contribution in [2.45, 2.75) is 38.6 Å². The highest BCUT2D eigenvalue weighted by molar-refractivity contribution is 7.13. The molecule has 2 aromatic rings. The van der Waals surface area contributed by atoms with Crippen molar-refractivity contribution in [1.29, 1.82) is 0 Å². The fraction of sp³-hybridized carbons (Fsp3) is 0.375. The number of hydrogen-bond acceptors (Lipinski definition) is 5. The molecule has 122 valence electrons. The molecule has 0 radical (unpaired) electrons. The van der Waals surface area contributed by atoms with E-state index < -0.39 is 11.5 Å². The van der Waals surface area contributed by atoms with Crippen LogP contribution in [0.3, 0.4) is 0 Å². The van der Waals surface area contributed by atoms with E-state index in [0.717, 1.165) is 10.6 Å². The number of nitrogens with zero attached hydrogens (tertiary/aromatic N) is 2. The van der Waals surface area contributed by atoms with Gasteiger partial charge in [0.1, 0.15) is 5.01 Å². The second kappa shape index (κ2) is 7.32. The van der Waals surface area contributed by atoms with E-state index >= 15 is 0 Å². The normalized spacial score (nSPS) is 11.2. The van der Waals surface area contributed by atoms with Crippen molar-refractivity contribution in [1.82, 2.24) is 15.3 Å². The number of aliphatic carboxylic acids is 1. The van der Waals surface area contributed by atoms with Gasteiger partial charge in [0.25, 0.3) is 0 Å². The summed E-state index contributed by atoms with van der Waals surface area (Å²) < 4.78 is 0. The fourth-order valence-corrected chi connectivity index (χ4v) is 2.89. The lowest BCUT2D eigenvalue weighted by molar-refractivity contribution is -0.137. The summed E-state index contributed by atoms with van der Waals surface area (Å²) in [5.74, 6) is -1.03. The molecule has 0 aromatic carbocycles. The summed E-state index contributed by atoms with van der Waals surface area (Å²) >= 11 is 1.47. The number of rotatable bonds is 7. The zero-order valence-electron chi connectivity index (χ0n) is 13.1. The van der Waals surface area contributed by atoms with E-state index in [4.69, 9.17) is 5.11 Å². The van der Waals surface area contributed by atoms with Crippen LogP contribution in [0.4, 0.5) is 0 Å². The summed E-state index contributed by atoms with van der Waals surface area (Å²) in [5.41, 5.74) is 1.06.